The van der Waals surface area contributed by atoms with Crippen LogP contribution < -0.4 is 5.32 Å². The maximum absolute atomic E-state index is 9.37. The summed E-state index contributed by atoms with van der Waals surface area (Å²) in [5.74, 6) is 0.990. The van der Waals surface area contributed by atoms with E-state index in [0.717, 1.165) is 47.6 Å². The summed E-state index contributed by atoms with van der Waals surface area (Å²) in [4.78, 5) is 3.60. The third kappa shape index (κ3) is 3.91. The number of nitrogens with zero attached hydrogens (tertiary/aromatic N) is 2. The Kier molecular flexibility index (Phi) is 5.75. The van der Waals surface area contributed by atoms with Crippen LogP contribution in [-0.2, 0) is 0 Å². The molecule has 0 saturated heterocycles. The Hall–Kier alpha value is -1.18. The van der Waals surface area contributed by atoms with Gasteiger partial charge in [0.05, 0.1) is 11.3 Å². The van der Waals surface area contributed by atoms with Gasteiger partial charge in [-0.3, -0.25) is 4.90 Å². The molecule has 1 aromatic carbocycles. The van der Waals surface area contributed by atoms with E-state index in [0.29, 0.717) is 0 Å². The number of rotatable bonds is 8. The predicted octanol–water partition coefficient (Wildman–Crippen LogP) is 3.57. The molecule has 1 N–H and O–H groups in total. The molecular formula is C16H23N3S. The van der Waals surface area contributed by atoms with Crippen molar-refractivity contribution in [3.05, 3.63) is 23.8 Å². The summed E-state index contributed by atoms with van der Waals surface area (Å²) in [5, 5.41) is 12.8. The minimum absolute atomic E-state index is 0.786. The van der Waals surface area contributed by atoms with Crippen LogP contribution in [0.1, 0.15) is 32.3 Å². The zero-order valence-corrected chi connectivity index (χ0v) is 13.2. The normalized spacial score (nSPS) is 14.3. The molecule has 0 aromatic heterocycles. The van der Waals surface area contributed by atoms with Gasteiger partial charge < -0.3 is 5.32 Å². The van der Waals surface area contributed by atoms with E-state index in [4.69, 9.17) is 0 Å². The predicted molar refractivity (Wildman–Crippen MR) is 86.3 cm³/mol. The first-order valence-corrected chi connectivity index (χ1v) is 8.42. The van der Waals surface area contributed by atoms with E-state index < -0.39 is 0 Å². The van der Waals surface area contributed by atoms with Crippen molar-refractivity contribution in [3.8, 4) is 6.07 Å². The zero-order chi connectivity index (χ0) is 14.4. The molecule has 1 fully saturated rings. The van der Waals surface area contributed by atoms with Gasteiger partial charge in [-0.2, -0.15) is 5.26 Å². The monoisotopic (exact) mass is 289 g/mol. The van der Waals surface area contributed by atoms with Gasteiger partial charge in [-0.1, -0.05) is 19.9 Å². The highest BCUT2D eigenvalue weighted by molar-refractivity contribution is 7.99. The van der Waals surface area contributed by atoms with Crippen LogP contribution in [0.15, 0.2) is 23.1 Å². The Balaban J connectivity index is 1.94. The molecule has 20 heavy (non-hydrogen) atoms. The minimum Gasteiger partial charge on any atom is -0.383 e. The lowest BCUT2D eigenvalue weighted by Crippen LogP contribution is -2.31. The van der Waals surface area contributed by atoms with Crippen LogP contribution in [0.25, 0.3) is 0 Å². The van der Waals surface area contributed by atoms with E-state index in [1.165, 1.54) is 12.8 Å². The summed E-state index contributed by atoms with van der Waals surface area (Å²) in [6.07, 6.45) is 2.69. The molecule has 0 unspecified atom stereocenters. The van der Waals surface area contributed by atoms with E-state index >= 15 is 0 Å². The molecule has 0 bridgehead atoms. The molecule has 1 saturated carbocycles. The molecule has 0 amide bonds. The molecule has 0 spiro atoms. The maximum Gasteiger partial charge on any atom is 0.102 e. The van der Waals surface area contributed by atoms with E-state index in [1.807, 2.05) is 18.2 Å². The van der Waals surface area contributed by atoms with Crippen molar-refractivity contribution in [2.75, 3.05) is 30.7 Å². The number of nitrogens with one attached hydrogen (secondary N) is 1. The van der Waals surface area contributed by atoms with Crippen molar-refractivity contribution in [1.82, 2.24) is 4.90 Å². The lowest BCUT2D eigenvalue weighted by Gasteiger charge is -2.20. The molecule has 2 rings (SSSR count). The van der Waals surface area contributed by atoms with Gasteiger partial charge in [-0.25, -0.2) is 0 Å². The summed E-state index contributed by atoms with van der Waals surface area (Å²) in [6, 6.07) is 9.21. The van der Waals surface area contributed by atoms with E-state index in [-0.39, 0.29) is 0 Å². The Bertz CT molecular complexity index is 477. The van der Waals surface area contributed by atoms with Crippen molar-refractivity contribution in [2.24, 2.45) is 0 Å². The third-order valence-corrected chi connectivity index (χ3v) is 4.56. The van der Waals surface area contributed by atoms with E-state index in [9.17, 15) is 5.26 Å². The van der Waals surface area contributed by atoms with Crippen LogP contribution >= 0.6 is 11.8 Å². The molecule has 0 heterocycles. The average molecular weight is 289 g/mol. The molecule has 1 aromatic rings. The molecule has 1 aliphatic rings. The number of likely N-dealkylation sites (N-methyl/N-ethyl adjacent to an activating group) is 1. The van der Waals surface area contributed by atoms with Crippen molar-refractivity contribution in [3.63, 3.8) is 0 Å². The average Bonchev–Trinajstić information content (AvgIpc) is 3.29. The highest BCUT2D eigenvalue weighted by Gasteiger charge is 2.27. The van der Waals surface area contributed by atoms with Gasteiger partial charge in [-0.05, 0) is 37.3 Å². The first-order valence-electron chi connectivity index (χ1n) is 7.44. The van der Waals surface area contributed by atoms with Gasteiger partial charge >= 0.3 is 0 Å². The first kappa shape index (κ1) is 15.2. The van der Waals surface area contributed by atoms with Gasteiger partial charge in [0.15, 0.2) is 0 Å². The first-order chi connectivity index (χ1) is 9.80. The lowest BCUT2D eigenvalue weighted by molar-refractivity contribution is 0.289. The van der Waals surface area contributed by atoms with Gasteiger partial charge in [0, 0.05) is 24.0 Å². The number of nitriles is 1. The van der Waals surface area contributed by atoms with Crippen LogP contribution in [-0.4, -0.2) is 36.3 Å². The molecule has 0 aliphatic heterocycles. The summed E-state index contributed by atoms with van der Waals surface area (Å²) in [5.41, 5.74) is 1.76. The summed E-state index contributed by atoms with van der Waals surface area (Å²) >= 11 is 1.73. The third-order valence-electron chi connectivity index (χ3n) is 3.62. The lowest BCUT2D eigenvalue weighted by atomic mass is 10.2. The quantitative estimate of drug-likeness (QED) is 0.743. The Labute approximate surface area is 126 Å². The number of hydrogen-bond donors (Lipinski definition) is 1. The summed E-state index contributed by atoms with van der Waals surface area (Å²) < 4.78 is 0. The van der Waals surface area contributed by atoms with Gasteiger partial charge in [-0.15, -0.1) is 11.8 Å². The summed E-state index contributed by atoms with van der Waals surface area (Å²) in [6.45, 7) is 7.40. The molecule has 108 valence electrons. The standard InChI is InChI=1S/C16H23N3S/c1-3-19(13-8-9-13)11-10-18-15-6-5-7-16(20-4-2)14(15)12-17/h5-7,13,18H,3-4,8-11H2,1-2H3. The number of benzene rings is 1. The second-order valence-corrected chi connectivity index (χ2v) is 6.32. The Morgan fingerprint density at radius 1 is 1.40 bits per heavy atom. The fourth-order valence-corrected chi connectivity index (χ4v) is 3.23. The second kappa shape index (κ2) is 7.56. The molecule has 4 heteroatoms. The zero-order valence-electron chi connectivity index (χ0n) is 12.4. The van der Waals surface area contributed by atoms with Gasteiger partial charge in [0.2, 0.25) is 0 Å². The molecule has 3 nitrogen and oxygen atoms in total. The van der Waals surface area contributed by atoms with E-state index in [1.54, 1.807) is 11.8 Å². The smallest absolute Gasteiger partial charge is 0.102 e. The number of thioether (sulfide) groups is 1. The van der Waals surface area contributed by atoms with Crippen molar-refractivity contribution >= 4 is 17.4 Å². The molecule has 0 radical (unpaired) electrons. The topological polar surface area (TPSA) is 39.1 Å². The van der Waals surface area contributed by atoms with Crippen molar-refractivity contribution < 1.29 is 0 Å². The minimum atomic E-state index is 0.786. The maximum atomic E-state index is 9.37. The largest absolute Gasteiger partial charge is 0.383 e. The van der Waals surface area contributed by atoms with Crippen LogP contribution in [0.3, 0.4) is 0 Å². The number of hydrogen-bond acceptors (Lipinski definition) is 4. The van der Waals surface area contributed by atoms with Crippen LogP contribution in [0, 0.1) is 11.3 Å². The highest BCUT2D eigenvalue weighted by Crippen LogP contribution is 2.28. The van der Waals surface area contributed by atoms with Crippen molar-refractivity contribution in [2.45, 2.75) is 37.6 Å². The van der Waals surface area contributed by atoms with Crippen LogP contribution in [0.4, 0.5) is 5.69 Å². The SMILES string of the molecule is CCSc1cccc(NCCN(CC)C2CC2)c1C#N. The van der Waals surface area contributed by atoms with Crippen molar-refractivity contribution in [1.29, 1.82) is 5.26 Å². The summed E-state index contributed by atoms with van der Waals surface area (Å²) in [7, 11) is 0. The highest BCUT2D eigenvalue weighted by atomic mass is 32.2. The van der Waals surface area contributed by atoms with Gasteiger partial charge in [0.1, 0.15) is 6.07 Å². The molecule has 0 atom stereocenters. The fraction of sp³-hybridized carbons (Fsp3) is 0.562. The molecule has 1 aliphatic carbocycles. The van der Waals surface area contributed by atoms with Crippen LogP contribution in [0.2, 0.25) is 0 Å². The van der Waals surface area contributed by atoms with Gasteiger partial charge in [0.25, 0.3) is 0 Å². The fourth-order valence-electron chi connectivity index (χ4n) is 2.44. The Morgan fingerprint density at radius 3 is 2.80 bits per heavy atom. The molecular weight excluding hydrogens is 266 g/mol. The van der Waals surface area contributed by atoms with Crippen LogP contribution in [0.5, 0.6) is 0 Å². The Morgan fingerprint density at radius 2 is 2.20 bits per heavy atom. The second-order valence-electron chi connectivity index (χ2n) is 5.01. The number of anilines is 1. The van der Waals surface area contributed by atoms with E-state index in [2.05, 4.69) is 30.1 Å².